The summed E-state index contributed by atoms with van der Waals surface area (Å²) in [4.78, 5) is 12.8. The van der Waals surface area contributed by atoms with E-state index in [1.165, 1.54) is 0 Å². The zero-order valence-electron chi connectivity index (χ0n) is 9.40. The van der Waals surface area contributed by atoms with Crippen molar-refractivity contribution < 1.29 is 4.79 Å². The Balaban J connectivity index is 2.22. The first-order chi connectivity index (χ1) is 8.26. The van der Waals surface area contributed by atoms with Gasteiger partial charge in [0.2, 0.25) is 0 Å². The Morgan fingerprint density at radius 1 is 1.41 bits per heavy atom. The van der Waals surface area contributed by atoms with Crippen molar-refractivity contribution >= 4 is 23.6 Å². The number of rotatable bonds is 2. The van der Waals surface area contributed by atoms with Crippen molar-refractivity contribution in [3.63, 3.8) is 0 Å². The predicted octanol–water partition coefficient (Wildman–Crippen LogP) is 2.63. The first-order valence-corrected chi connectivity index (χ1v) is 6.03. The molecule has 3 nitrogen and oxygen atoms in total. The fourth-order valence-electron chi connectivity index (χ4n) is 2.16. The topological polar surface area (TPSA) is 44.1 Å². The van der Waals surface area contributed by atoms with Crippen molar-refractivity contribution in [2.75, 3.05) is 18.0 Å². The minimum atomic E-state index is 0.163. The molecule has 0 radical (unpaired) electrons. The molecule has 1 aliphatic heterocycles. The second-order valence-electron chi connectivity index (χ2n) is 4.21. The molecule has 0 atom stereocenters. The summed E-state index contributed by atoms with van der Waals surface area (Å²) < 4.78 is 0. The Labute approximate surface area is 106 Å². The minimum absolute atomic E-state index is 0.163. The monoisotopic (exact) mass is 248 g/mol. The van der Waals surface area contributed by atoms with E-state index in [1.54, 1.807) is 6.07 Å². The lowest BCUT2D eigenvalue weighted by Gasteiger charge is -2.32. The van der Waals surface area contributed by atoms with E-state index >= 15 is 0 Å². The van der Waals surface area contributed by atoms with E-state index in [2.05, 4.69) is 11.0 Å². The Kier molecular flexibility index (Phi) is 3.65. The highest BCUT2D eigenvalue weighted by Gasteiger charge is 2.21. The summed E-state index contributed by atoms with van der Waals surface area (Å²) in [5, 5.41) is 9.60. The number of hydrogen-bond donors (Lipinski definition) is 0. The second kappa shape index (κ2) is 5.20. The SMILES string of the molecule is N#Cc1c(Cl)cccc1N1CCC(C=O)CC1. The van der Waals surface area contributed by atoms with Crippen molar-refractivity contribution in [1.82, 2.24) is 0 Å². The van der Waals surface area contributed by atoms with Gasteiger partial charge in [-0.3, -0.25) is 0 Å². The molecule has 0 saturated carbocycles. The molecule has 1 aliphatic rings. The maximum Gasteiger partial charge on any atom is 0.123 e. The number of nitriles is 1. The third kappa shape index (κ3) is 2.42. The van der Waals surface area contributed by atoms with E-state index in [0.717, 1.165) is 37.9 Å². The normalized spacial score (nSPS) is 16.6. The molecule has 1 fully saturated rings. The summed E-state index contributed by atoms with van der Waals surface area (Å²) in [5.74, 6) is 0.163. The molecular formula is C13H13ClN2O. The molecular weight excluding hydrogens is 236 g/mol. The van der Waals surface area contributed by atoms with Crippen molar-refractivity contribution in [3.05, 3.63) is 28.8 Å². The summed E-state index contributed by atoms with van der Waals surface area (Å²) in [5.41, 5.74) is 1.41. The lowest BCUT2D eigenvalue weighted by molar-refractivity contribution is -0.111. The number of carbonyl (C=O) groups excluding carboxylic acids is 1. The Hall–Kier alpha value is -1.53. The highest BCUT2D eigenvalue weighted by atomic mass is 35.5. The minimum Gasteiger partial charge on any atom is -0.370 e. The molecule has 0 aliphatic carbocycles. The standard InChI is InChI=1S/C13H13ClN2O/c14-12-2-1-3-13(11(12)8-15)16-6-4-10(9-17)5-7-16/h1-3,9-10H,4-7H2. The molecule has 2 rings (SSSR count). The molecule has 88 valence electrons. The van der Waals surface area contributed by atoms with Crippen LogP contribution in [0.2, 0.25) is 5.02 Å². The molecule has 1 aromatic carbocycles. The van der Waals surface area contributed by atoms with Crippen LogP contribution in [0.1, 0.15) is 18.4 Å². The van der Waals surface area contributed by atoms with Gasteiger partial charge in [-0.05, 0) is 25.0 Å². The van der Waals surface area contributed by atoms with Crippen LogP contribution >= 0.6 is 11.6 Å². The van der Waals surface area contributed by atoms with Crippen LogP contribution in [-0.4, -0.2) is 19.4 Å². The molecule has 1 aromatic rings. The van der Waals surface area contributed by atoms with Crippen LogP contribution in [0.25, 0.3) is 0 Å². The number of piperidine rings is 1. The highest BCUT2D eigenvalue weighted by Crippen LogP contribution is 2.29. The molecule has 0 N–H and O–H groups in total. The number of halogens is 1. The molecule has 0 unspecified atom stereocenters. The van der Waals surface area contributed by atoms with Gasteiger partial charge >= 0.3 is 0 Å². The molecule has 0 aromatic heterocycles. The third-order valence-electron chi connectivity index (χ3n) is 3.18. The molecule has 4 heteroatoms. The van der Waals surface area contributed by atoms with Gasteiger partial charge in [0.1, 0.15) is 12.4 Å². The fourth-order valence-corrected chi connectivity index (χ4v) is 2.38. The van der Waals surface area contributed by atoms with Gasteiger partial charge in [-0.25, -0.2) is 0 Å². The summed E-state index contributed by atoms with van der Waals surface area (Å²) in [6.07, 6.45) is 2.72. The van der Waals surface area contributed by atoms with Crippen molar-refractivity contribution in [1.29, 1.82) is 5.26 Å². The van der Waals surface area contributed by atoms with Crippen LogP contribution in [-0.2, 0) is 4.79 Å². The maximum absolute atomic E-state index is 10.7. The van der Waals surface area contributed by atoms with Crippen molar-refractivity contribution in [2.45, 2.75) is 12.8 Å². The Morgan fingerprint density at radius 3 is 2.71 bits per heavy atom. The molecule has 1 heterocycles. The number of nitrogens with zero attached hydrogens (tertiary/aromatic N) is 2. The van der Waals surface area contributed by atoms with Gasteiger partial charge in [-0.2, -0.15) is 5.26 Å². The van der Waals surface area contributed by atoms with Crippen molar-refractivity contribution in [3.8, 4) is 6.07 Å². The van der Waals surface area contributed by atoms with E-state index in [0.29, 0.717) is 10.6 Å². The zero-order valence-corrected chi connectivity index (χ0v) is 10.2. The van der Waals surface area contributed by atoms with Gasteiger partial charge in [0, 0.05) is 19.0 Å². The van der Waals surface area contributed by atoms with Gasteiger partial charge in [0.25, 0.3) is 0 Å². The van der Waals surface area contributed by atoms with E-state index in [-0.39, 0.29) is 5.92 Å². The molecule has 0 bridgehead atoms. The summed E-state index contributed by atoms with van der Waals surface area (Å²) in [6.45, 7) is 1.61. The smallest absolute Gasteiger partial charge is 0.123 e. The van der Waals surface area contributed by atoms with Crippen LogP contribution in [0.3, 0.4) is 0 Å². The predicted molar refractivity (Wildman–Crippen MR) is 67.2 cm³/mol. The van der Waals surface area contributed by atoms with Gasteiger partial charge < -0.3 is 9.69 Å². The first kappa shape index (κ1) is 11.9. The van der Waals surface area contributed by atoms with Gasteiger partial charge in [-0.15, -0.1) is 0 Å². The lowest BCUT2D eigenvalue weighted by atomic mass is 9.97. The van der Waals surface area contributed by atoms with Gasteiger partial charge in [0.05, 0.1) is 16.3 Å². The zero-order chi connectivity index (χ0) is 12.3. The summed E-state index contributed by atoms with van der Waals surface area (Å²) in [7, 11) is 0. The summed E-state index contributed by atoms with van der Waals surface area (Å²) in [6, 6.07) is 7.63. The van der Waals surface area contributed by atoms with Crippen LogP contribution in [0.15, 0.2) is 18.2 Å². The van der Waals surface area contributed by atoms with Crippen LogP contribution in [0, 0.1) is 17.2 Å². The van der Waals surface area contributed by atoms with Crippen LogP contribution in [0.4, 0.5) is 5.69 Å². The summed E-state index contributed by atoms with van der Waals surface area (Å²) >= 11 is 6.00. The molecule has 0 spiro atoms. The number of anilines is 1. The van der Waals surface area contributed by atoms with Gasteiger partial charge in [0.15, 0.2) is 0 Å². The van der Waals surface area contributed by atoms with E-state index in [1.807, 2.05) is 12.1 Å². The Morgan fingerprint density at radius 2 is 2.12 bits per heavy atom. The largest absolute Gasteiger partial charge is 0.370 e. The maximum atomic E-state index is 10.7. The fraction of sp³-hybridized carbons (Fsp3) is 0.385. The molecule has 17 heavy (non-hydrogen) atoms. The van der Waals surface area contributed by atoms with Crippen LogP contribution in [0.5, 0.6) is 0 Å². The van der Waals surface area contributed by atoms with E-state index in [4.69, 9.17) is 16.9 Å². The van der Waals surface area contributed by atoms with Crippen LogP contribution < -0.4 is 4.90 Å². The quantitative estimate of drug-likeness (QED) is 0.756. The number of hydrogen-bond acceptors (Lipinski definition) is 3. The van der Waals surface area contributed by atoms with E-state index in [9.17, 15) is 4.79 Å². The highest BCUT2D eigenvalue weighted by molar-refractivity contribution is 6.32. The molecule has 1 saturated heterocycles. The number of benzene rings is 1. The molecule has 0 amide bonds. The lowest BCUT2D eigenvalue weighted by Crippen LogP contribution is -2.34. The average Bonchev–Trinajstić information content (AvgIpc) is 2.38. The van der Waals surface area contributed by atoms with Gasteiger partial charge in [-0.1, -0.05) is 17.7 Å². The average molecular weight is 249 g/mol. The van der Waals surface area contributed by atoms with Crippen molar-refractivity contribution in [2.24, 2.45) is 5.92 Å². The Bertz CT molecular complexity index is 459. The number of aldehydes is 1. The first-order valence-electron chi connectivity index (χ1n) is 5.65. The third-order valence-corrected chi connectivity index (χ3v) is 3.49. The second-order valence-corrected chi connectivity index (χ2v) is 4.61. The van der Waals surface area contributed by atoms with E-state index < -0.39 is 0 Å². The number of carbonyl (C=O) groups is 1.